The maximum Gasteiger partial charge on any atom is 0.165 e. The fourth-order valence-electron chi connectivity index (χ4n) is 4.09. The van der Waals surface area contributed by atoms with Gasteiger partial charge in [0.2, 0.25) is 0 Å². The lowest BCUT2D eigenvalue weighted by molar-refractivity contribution is 0.122. The Morgan fingerprint density at radius 3 is 2.57 bits per heavy atom. The van der Waals surface area contributed by atoms with Crippen molar-refractivity contribution in [1.82, 2.24) is 19.5 Å². The second-order valence-electron chi connectivity index (χ2n) is 7.57. The van der Waals surface area contributed by atoms with Crippen molar-refractivity contribution in [3.05, 3.63) is 60.0 Å². The Kier molecular flexibility index (Phi) is 4.59. The average molecular weight is 400 g/mol. The van der Waals surface area contributed by atoms with Crippen molar-refractivity contribution in [3.63, 3.8) is 0 Å². The summed E-state index contributed by atoms with van der Waals surface area (Å²) in [5, 5.41) is 0. The lowest BCUT2D eigenvalue weighted by Crippen LogP contribution is -2.36. The zero-order valence-corrected chi connectivity index (χ0v) is 17.2. The first-order valence-electron chi connectivity index (χ1n) is 10.1. The van der Waals surface area contributed by atoms with Gasteiger partial charge >= 0.3 is 0 Å². The molecule has 152 valence electrons. The number of aryl methyl sites for hydroxylation is 2. The van der Waals surface area contributed by atoms with Crippen LogP contribution in [0.15, 0.2) is 48.7 Å². The number of benzene rings is 1. The SMILES string of the molecule is Cc1cc(-n2c(C)nc3ccc(-c4ccnc(N)c4)nc32)ccc1N1CCOCC1. The summed E-state index contributed by atoms with van der Waals surface area (Å²) in [4.78, 5) is 16.1. The van der Waals surface area contributed by atoms with Crippen molar-refractivity contribution >= 4 is 22.7 Å². The van der Waals surface area contributed by atoms with Gasteiger partial charge in [-0.2, -0.15) is 0 Å². The van der Waals surface area contributed by atoms with Crippen LogP contribution in [0.3, 0.4) is 0 Å². The second kappa shape index (κ2) is 7.42. The summed E-state index contributed by atoms with van der Waals surface area (Å²) in [7, 11) is 0. The third kappa shape index (κ3) is 3.27. The van der Waals surface area contributed by atoms with Crippen LogP contribution in [0.4, 0.5) is 11.5 Å². The fourth-order valence-corrected chi connectivity index (χ4v) is 4.09. The normalized spacial score (nSPS) is 14.4. The van der Waals surface area contributed by atoms with Crippen molar-refractivity contribution in [1.29, 1.82) is 0 Å². The van der Waals surface area contributed by atoms with E-state index in [9.17, 15) is 0 Å². The van der Waals surface area contributed by atoms with E-state index in [0.717, 1.165) is 60.2 Å². The summed E-state index contributed by atoms with van der Waals surface area (Å²) in [6, 6.07) is 14.3. The monoisotopic (exact) mass is 400 g/mol. The average Bonchev–Trinajstić information content (AvgIpc) is 3.09. The van der Waals surface area contributed by atoms with E-state index >= 15 is 0 Å². The van der Waals surface area contributed by atoms with E-state index in [-0.39, 0.29) is 0 Å². The number of aromatic nitrogens is 4. The van der Waals surface area contributed by atoms with Crippen LogP contribution in [0.2, 0.25) is 0 Å². The van der Waals surface area contributed by atoms with E-state index in [4.69, 9.17) is 20.4 Å². The maximum absolute atomic E-state index is 5.86. The van der Waals surface area contributed by atoms with E-state index < -0.39 is 0 Å². The van der Waals surface area contributed by atoms with Gasteiger partial charge in [0.05, 0.1) is 18.9 Å². The number of morpholine rings is 1. The van der Waals surface area contributed by atoms with Crippen LogP contribution in [-0.4, -0.2) is 45.8 Å². The van der Waals surface area contributed by atoms with E-state index in [1.165, 1.54) is 11.3 Å². The molecule has 4 aromatic rings. The topological polar surface area (TPSA) is 82.1 Å². The van der Waals surface area contributed by atoms with Crippen LogP contribution in [0.25, 0.3) is 28.1 Å². The number of imidazole rings is 1. The summed E-state index contributed by atoms with van der Waals surface area (Å²) in [6.07, 6.45) is 1.70. The van der Waals surface area contributed by atoms with E-state index in [0.29, 0.717) is 5.82 Å². The molecule has 0 bridgehead atoms. The standard InChI is InChI=1S/C23H24N6O/c1-15-13-18(3-6-21(15)28-9-11-30-12-10-28)29-16(2)26-20-5-4-19(27-23(20)29)17-7-8-25-22(24)14-17/h3-8,13-14H,9-12H2,1-2H3,(H2,24,25). The van der Waals surface area contributed by atoms with Gasteiger partial charge in [-0.25, -0.2) is 15.0 Å². The first kappa shape index (κ1) is 18.6. The van der Waals surface area contributed by atoms with Gasteiger partial charge in [0.25, 0.3) is 0 Å². The molecule has 5 rings (SSSR count). The smallest absolute Gasteiger partial charge is 0.165 e. The highest BCUT2D eigenvalue weighted by Crippen LogP contribution is 2.28. The van der Waals surface area contributed by atoms with Crippen molar-refractivity contribution < 1.29 is 4.74 Å². The molecule has 7 heteroatoms. The number of nitrogen functional groups attached to an aromatic ring is 1. The van der Waals surface area contributed by atoms with Gasteiger partial charge in [0.15, 0.2) is 5.65 Å². The Morgan fingerprint density at radius 2 is 1.80 bits per heavy atom. The molecule has 3 aromatic heterocycles. The maximum atomic E-state index is 5.86. The number of fused-ring (bicyclic) bond motifs is 1. The molecule has 0 unspecified atom stereocenters. The predicted octanol–water partition coefficient (Wildman–Crippen LogP) is 3.52. The third-order valence-corrected chi connectivity index (χ3v) is 5.54. The predicted molar refractivity (Wildman–Crippen MR) is 119 cm³/mol. The first-order valence-corrected chi connectivity index (χ1v) is 10.1. The molecule has 1 fully saturated rings. The van der Waals surface area contributed by atoms with Crippen LogP contribution in [0.1, 0.15) is 11.4 Å². The van der Waals surface area contributed by atoms with E-state index in [2.05, 4.69) is 39.6 Å². The molecule has 30 heavy (non-hydrogen) atoms. The highest BCUT2D eigenvalue weighted by molar-refractivity contribution is 5.78. The minimum Gasteiger partial charge on any atom is -0.384 e. The molecule has 7 nitrogen and oxygen atoms in total. The third-order valence-electron chi connectivity index (χ3n) is 5.54. The number of hydrogen-bond acceptors (Lipinski definition) is 6. The van der Waals surface area contributed by atoms with Gasteiger partial charge < -0.3 is 15.4 Å². The molecule has 0 amide bonds. The lowest BCUT2D eigenvalue weighted by atomic mass is 10.1. The van der Waals surface area contributed by atoms with Gasteiger partial charge in [-0.05, 0) is 61.9 Å². The van der Waals surface area contributed by atoms with Crippen molar-refractivity contribution in [2.24, 2.45) is 0 Å². The van der Waals surface area contributed by atoms with Crippen LogP contribution in [0, 0.1) is 13.8 Å². The zero-order valence-electron chi connectivity index (χ0n) is 17.2. The van der Waals surface area contributed by atoms with Crippen LogP contribution in [0.5, 0.6) is 0 Å². The minimum atomic E-state index is 0.480. The summed E-state index contributed by atoms with van der Waals surface area (Å²) < 4.78 is 7.60. The van der Waals surface area contributed by atoms with Gasteiger partial charge in [0, 0.05) is 36.2 Å². The highest BCUT2D eigenvalue weighted by Gasteiger charge is 2.16. The fraction of sp³-hybridized carbons (Fsp3) is 0.261. The molecular weight excluding hydrogens is 376 g/mol. The van der Waals surface area contributed by atoms with Crippen LogP contribution >= 0.6 is 0 Å². The molecule has 0 radical (unpaired) electrons. The highest BCUT2D eigenvalue weighted by atomic mass is 16.5. The Morgan fingerprint density at radius 1 is 0.967 bits per heavy atom. The van der Waals surface area contributed by atoms with Gasteiger partial charge in [-0.15, -0.1) is 0 Å². The van der Waals surface area contributed by atoms with Crippen LogP contribution < -0.4 is 10.6 Å². The van der Waals surface area contributed by atoms with Crippen LogP contribution in [-0.2, 0) is 4.74 Å². The first-order chi connectivity index (χ1) is 14.6. The molecule has 0 atom stereocenters. The zero-order chi connectivity index (χ0) is 20.7. The number of rotatable bonds is 3. The minimum absolute atomic E-state index is 0.480. The van der Waals surface area contributed by atoms with Gasteiger partial charge in [-0.3, -0.25) is 4.57 Å². The van der Waals surface area contributed by atoms with E-state index in [1.54, 1.807) is 6.20 Å². The Labute approximate surface area is 175 Å². The number of nitrogens with two attached hydrogens (primary N) is 1. The van der Waals surface area contributed by atoms with E-state index in [1.807, 2.05) is 31.2 Å². The Hall–Kier alpha value is -3.45. The molecule has 1 aromatic carbocycles. The second-order valence-corrected chi connectivity index (χ2v) is 7.57. The summed E-state index contributed by atoms with van der Waals surface area (Å²) in [5.41, 5.74) is 12.9. The molecular formula is C23H24N6O. The molecule has 2 N–H and O–H groups in total. The molecule has 0 spiro atoms. The molecule has 1 saturated heterocycles. The van der Waals surface area contributed by atoms with Crippen molar-refractivity contribution in [2.45, 2.75) is 13.8 Å². The summed E-state index contributed by atoms with van der Waals surface area (Å²) in [5.74, 6) is 1.39. The molecule has 1 aliphatic rings. The molecule has 4 heterocycles. The number of hydrogen-bond donors (Lipinski definition) is 1. The van der Waals surface area contributed by atoms with Gasteiger partial charge in [-0.1, -0.05) is 0 Å². The van der Waals surface area contributed by atoms with Crippen molar-refractivity contribution in [2.75, 3.05) is 36.9 Å². The van der Waals surface area contributed by atoms with Gasteiger partial charge in [0.1, 0.15) is 17.2 Å². The number of anilines is 2. The quantitative estimate of drug-likeness (QED) is 0.567. The molecule has 0 aliphatic carbocycles. The largest absolute Gasteiger partial charge is 0.384 e. The summed E-state index contributed by atoms with van der Waals surface area (Å²) >= 11 is 0. The van der Waals surface area contributed by atoms with Crippen molar-refractivity contribution in [3.8, 4) is 16.9 Å². The number of pyridine rings is 2. The Bertz CT molecular complexity index is 1230. The number of nitrogens with zero attached hydrogens (tertiary/aromatic N) is 5. The molecule has 1 aliphatic heterocycles. The lowest BCUT2D eigenvalue weighted by Gasteiger charge is -2.30. The molecule has 0 saturated carbocycles. The Balaban J connectivity index is 1.59. The summed E-state index contributed by atoms with van der Waals surface area (Å²) in [6.45, 7) is 7.57. The number of ether oxygens (including phenoxy) is 1.